The van der Waals surface area contributed by atoms with Crippen molar-refractivity contribution in [3.63, 3.8) is 0 Å². The quantitative estimate of drug-likeness (QED) is 0.497. The molecule has 0 unspecified atom stereocenters. The molecule has 3 rings (SSSR count). The lowest BCUT2D eigenvalue weighted by Gasteiger charge is -2.08. The largest absolute Gasteiger partial charge is 0.144 e. The zero-order valence-corrected chi connectivity index (χ0v) is 14.0. The smallest absolute Gasteiger partial charge is 0.0345 e. The summed E-state index contributed by atoms with van der Waals surface area (Å²) in [6.07, 6.45) is 0. The molecule has 21 heavy (non-hydrogen) atoms. The highest BCUT2D eigenvalue weighted by molar-refractivity contribution is 7.13. The van der Waals surface area contributed by atoms with Gasteiger partial charge < -0.3 is 0 Å². The SMILES string of the molecule is CC(C)c1csc(-c2ccc3cc(C(C)C)ccc3c2)c1. The fourth-order valence-electron chi connectivity index (χ4n) is 2.58. The highest BCUT2D eigenvalue weighted by atomic mass is 32.1. The molecule has 0 nitrogen and oxygen atoms in total. The third kappa shape index (κ3) is 2.89. The normalized spacial score (nSPS) is 11.7. The summed E-state index contributed by atoms with van der Waals surface area (Å²) in [5, 5.41) is 4.95. The number of fused-ring (bicyclic) bond motifs is 1. The van der Waals surface area contributed by atoms with E-state index in [1.54, 1.807) is 0 Å². The molecule has 3 aromatic rings. The Morgan fingerprint density at radius 1 is 0.714 bits per heavy atom. The van der Waals surface area contributed by atoms with E-state index < -0.39 is 0 Å². The molecule has 0 bridgehead atoms. The fourth-order valence-corrected chi connectivity index (χ4v) is 3.65. The van der Waals surface area contributed by atoms with Gasteiger partial charge in [-0.15, -0.1) is 11.3 Å². The Balaban J connectivity index is 2.02. The van der Waals surface area contributed by atoms with Crippen LogP contribution in [0.5, 0.6) is 0 Å². The van der Waals surface area contributed by atoms with Gasteiger partial charge in [0.15, 0.2) is 0 Å². The Hall–Kier alpha value is -1.60. The predicted molar refractivity (Wildman–Crippen MR) is 95.4 cm³/mol. The lowest BCUT2D eigenvalue weighted by molar-refractivity contribution is 0.869. The van der Waals surface area contributed by atoms with E-state index in [2.05, 4.69) is 75.5 Å². The van der Waals surface area contributed by atoms with Crippen LogP contribution in [0, 0.1) is 0 Å². The van der Waals surface area contributed by atoms with Crippen molar-refractivity contribution < 1.29 is 0 Å². The van der Waals surface area contributed by atoms with Crippen LogP contribution in [0.1, 0.15) is 50.7 Å². The van der Waals surface area contributed by atoms with E-state index in [0.29, 0.717) is 11.8 Å². The molecule has 108 valence electrons. The van der Waals surface area contributed by atoms with Crippen molar-refractivity contribution >= 4 is 22.1 Å². The maximum Gasteiger partial charge on any atom is 0.0345 e. The third-order valence-electron chi connectivity index (χ3n) is 4.10. The van der Waals surface area contributed by atoms with Crippen molar-refractivity contribution in [1.29, 1.82) is 0 Å². The summed E-state index contributed by atoms with van der Waals surface area (Å²) in [6, 6.07) is 16.0. The molecule has 0 aliphatic heterocycles. The van der Waals surface area contributed by atoms with Crippen molar-refractivity contribution in [3.05, 3.63) is 59.0 Å². The molecule has 0 aliphatic rings. The van der Waals surface area contributed by atoms with E-state index in [9.17, 15) is 0 Å². The van der Waals surface area contributed by atoms with Crippen molar-refractivity contribution in [2.45, 2.75) is 39.5 Å². The Labute approximate surface area is 131 Å². The number of hydrogen-bond donors (Lipinski definition) is 0. The highest BCUT2D eigenvalue weighted by Gasteiger charge is 2.07. The molecule has 0 spiro atoms. The van der Waals surface area contributed by atoms with Gasteiger partial charge in [0.1, 0.15) is 0 Å². The van der Waals surface area contributed by atoms with Gasteiger partial charge in [-0.05, 0) is 56.8 Å². The van der Waals surface area contributed by atoms with Crippen LogP contribution in [0.15, 0.2) is 47.8 Å². The third-order valence-corrected chi connectivity index (χ3v) is 5.10. The van der Waals surface area contributed by atoms with E-state index in [-0.39, 0.29) is 0 Å². The van der Waals surface area contributed by atoms with Crippen LogP contribution in [-0.2, 0) is 0 Å². The Bertz CT molecular complexity index is 762. The molecule has 0 amide bonds. The maximum absolute atomic E-state index is 2.33. The van der Waals surface area contributed by atoms with Crippen LogP contribution in [0.3, 0.4) is 0 Å². The predicted octanol–water partition coefficient (Wildman–Crippen LogP) is 6.82. The monoisotopic (exact) mass is 294 g/mol. The molecule has 0 N–H and O–H groups in total. The van der Waals surface area contributed by atoms with E-state index in [4.69, 9.17) is 0 Å². The standard InChI is InChI=1S/C20H22S/c1-13(2)15-5-6-17-10-18(8-7-16(17)9-15)20-11-19(12-21-20)14(3)4/h5-14H,1-4H3. The number of thiophene rings is 1. The van der Waals surface area contributed by atoms with Crippen LogP contribution >= 0.6 is 11.3 Å². The second-order valence-corrected chi connectivity index (χ2v) is 7.29. The molecule has 0 fully saturated rings. The van der Waals surface area contributed by atoms with Crippen molar-refractivity contribution in [3.8, 4) is 10.4 Å². The van der Waals surface area contributed by atoms with Gasteiger partial charge in [-0.3, -0.25) is 0 Å². The van der Waals surface area contributed by atoms with Crippen LogP contribution in [0.2, 0.25) is 0 Å². The van der Waals surface area contributed by atoms with Gasteiger partial charge >= 0.3 is 0 Å². The first-order valence-corrected chi connectivity index (χ1v) is 8.55. The van der Waals surface area contributed by atoms with Gasteiger partial charge in [0.25, 0.3) is 0 Å². The Morgan fingerprint density at radius 3 is 2.05 bits per heavy atom. The molecule has 0 saturated carbocycles. The molecule has 1 heterocycles. The second kappa shape index (κ2) is 5.65. The molecular weight excluding hydrogens is 272 g/mol. The minimum absolute atomic E-state index is 0.583. The van der Waals surface area contributed by atoms with Crippen molar-refractivity contribution in [2.75, 3.05) is 0 Å². The zero-order valence-electron chi connectivity index (χ0n) is 13.2. The van der Waals surface area contributed by atoms with E-state index >= 15 is 0 Å². The molecule has 0 atom stereocenters. The van der Waals surface area contributed by atoms with E-state index in [1.165, 1.54) is 32.3 Å². The summed E-state index contributed by atoms with van der Waals surface area (Å²) in [6.45, 7) is 8.99. The summed E-state index contributed by atoms with van der Waals surface area (Å²) in [7, 11) is 0. The molecule has 1 aromatic heterocycles. The minimum Gasteiger partial charge on any atom is -0.144 e. The molecule has 0 aliphatic carbocycles. The van der Waals surface area contributed by atoms with E-state index in [0.717, 1.165) is 0 Å². The summed E-state index contributed by atoms with van der Waals surface area (Å²) >= 11 is 1.85. The van der Waals surface area contributed by atoms with Crippen molar-refractivity contribution in [1.82, 2.24) is 0 Å². The first-order valence-electron chi connectivity index (χ1n) is 7.67. The summed E-state index contributed by atoms with van der Waals surface area (Å²) in [5.74, 6) is 1.18. The zero-order chi connectivity index (χ0) is 15.0. The van der Waals surface area contributed by atoms with Crippen LogP contribution in [0.4, 0.5) is 0 Å². The highest BCUT2D eigenvalue weighted by Crippen LogP contribution is 2.33. The number of rotatable bonds is 3. The topological polar surface area (TPSA) is 0 Å². The van der Waals surface area contributed by atoms with Gasteiger partial charge in [0, 0.05) is 4.88 Å². The maximum atomic E-state index is 2.33. The molecule has 1 heteroatoms. The van der Waals surface area contributed by atoms with Gasteiger partial charge in [-0.25, -0.2) is 0 Å². The summed E-state index contributed by atoms with van der Waals surface area (Å²) in [4.78, 5) is 1.37. The Morgan fingerprint density at radius 2 is 1.38 bits per heavy atom. The number of hydrogen-bond acceptors (Lipinski definition) is 1. The molecule has 0 saturated heterocycles. The Kier molecular flexibility index (Phi) is 3.86. The van der Waals surface area contributed by atoms with Gasteiger partial charge in [-0.1, -0.05) is 58.0 Å². The minimum atomic E-state index is 0.583. The lowest BCUT2D eigenvalue weighted by atomic mass is 9.98. The summed E-state index contributed by atoms with van der Waals surface area (Å²) < 4.78 is 0. The fraction of sp³-hybridized carbons (Fsp3) is 0.300. The van der Waals surface area contributed by atoms with Crippen LogP contribution in [0.25, 0.3) is 21.2 Å². The molecule has 0 radical (unpaired) electrons. The lowest BCUT2D eigenvalue weighted by Crippen LogP contribution is -1.86. The van der Waals surface area contributed by atoms with Gasteiger partial charge in [0.05, 0.1) is 0 Å². The molecule has 2 aromatic carbocycles. The summed E-state index contributed by atoms with van der Waals surface area (Å²) in [5.41, 5.74) is 4.18. The molecular formula is C20H22S. The van der Waals surface area contributed by atoms with E-state index in [1.807, 2.05) is 11.3 Å². The van der Waals surface area contributed by atoms with Crippen molar-refractivity contribution in [2.24, 2.45) is 0 Å². The second-order valence-electron chi connectivity index (χ2n) is 6.38. The van der Waals surface area contributed by atoms with Gasteiger partial charge in [0.2, 0.25) is 0 Å². The average Bonchev–Trinajstić information content (AvgIpc) is 2.96. The average molecular weight is 294 g/mol. The number of benzene rings is 2. The first-order chi connectivity index (χ1) is 10.0. The van der Waals surface area contributed by atoms with Crippen LogP contribution < -0.4 is 0 Å². The van der Waals surface area contributed by atoms with Crippen LogP contribution in [-0.4, -0.2) is 0 Å². The van der Waals surface area contributed by atoms with Gasteiger partial charge in [-0.2, -0.15) is 0 Å². The first kappa shape index (κ1) is 14.3.